The van der Waals surface area contributed by atoms with Crippen LogP contribution in [0, 0.1) is 6.07 Å². The van der Waals surface area contributed by atoms with Gasteiger partial charge in [-0.15, -0.1) is 0 Å². The monoisotopic (exact) mass is 214 g/mol. The van der Waals surface area contributed by atoms with Crippen LogP contribution in [-0.4, -0.2) is 27.8 Å². The van der Waals surface area contributed by atoms with Crippen molar-refractivity contribution in [2.24, 2.45) is 0 Å². The number of hydrogen-bond donors (Lipinski definition) is 1. The molecular weight excluding hydrogens is 202 g/mol. The lowest BCUT2D eigenvalue weighted by Gasteiger charge is -2.15. The van der Waals surface area contributed by atoms with Gasteiger partial charge in [-0.3, -0.25) is 4.79 Å². The van der Waals surface area contributed by atoms with Crippen molar-refractivity contribution in [3.63, 3.8) is 0 Å². The van der Waals surface area contributed by atoms with Gasteiger partial charge in [-0.25, -0.2) is 4.98 Å². The second-order valence-corrected chi connectivity index (χ2v) is 3.49. The molecule has 0 aliphatic rings. The number of hydrogen-bond acceptors (Lipinski definition) is 2. The molecule has 0 saturated heterocycles. The molecule has 0 spiro atoms. The first kappa shape index (κ1) is 10.4. The molecule has 0 unspecified atom stereocenters. The molecule has 1 N–H and O–H groups in total. The predicted molar refractivity (Wildman–Crippen MR) is 59.7 cm³/mol. The SMILES string of the molecule is CN(Cc1ncc[nH]1)C(=O)c1cc[c]cc1. The molecule has 1 radical (unpaired) electrons. The van der Waals surface area contributed by atoms with E-state index in [-0.39, 0.29) is 5.91 Å². The smallest absolute Gasteiger partial charge is 0.254 e. The number of aromatic nitrogens is 2. The molecule has 81 valence electrons. The Morgan fingerprint density at radius 1 is 1.50 bits per heavy atom. The molecule has 0 aliphatic carbocycles. The Morgan fingerprint density at radius 3 is 2.88 bits per heavy atom. The van der Waals surface area contributed by atoms with E-state index in [1.807, 2.05) is 0 Å². The van der Waals surface area contributed by atoms with E-state index in [0.29, 0.717) is 12.1 Å². The Morgan fingerprint density at radius 2 is 2.25 bits per heavy atom. The first-order valence-electron chi connectivity index (χ1n) is 4.97. The van der Waals surface area contributed by atoms with Crippen LogP contribution in [0.5, 0.6) is 0 Å². The number of carbonyl (C=O) groups excluding carboxylic acids is 1. The van der Waals surface area contributed by atoms with Gasteiger partial charge in [0.2, 0.25) is 0 Å². The number of H-pyrrole nitrogens is 1. The Bertz CT molecular complexity index is 450. The van der Waals surface area contributed by atoms with E-state index in [1.165, 1.54) is 0 Å². The fourth-order valence-electron chi connectivity index (χ4n) is 1.43. The van der Waals surface area contributed by atoms with Crippen molar-refractivity contribution < 1.29 is 4.79 Å². The van der Waals surface area contributed by atoms with Crippen molar-refractivity contribution in [1.82, 2.24) is 14.9 Å². The Balaban J connectivity index is 2.05. The number of nitrogens with one attached hydrogen (secondary N) is 1. The number of nitrogens with zero attached hydrogens (tertiary/aromatic N) is 2. The first-order valence-corrected chi connectivity index (χ1v) is 4.97. The van der Waals surface area contributed by atoms with E-state index in [4.69, 9.17) is 0 Å². The number of imidazole rings is 1. The highest BCUT2D eigenvalue weighted by atomic mass is 16.2. The maximum Gasteiger partial charge on any atom is 0.254 e. The average molecular weight is 214 g/mol. The summed E-state index contributed by atoms with van der Waals surface area (Å²) in [5, 5.41) is 0. The van der Waals surface area contributed by atoms with E-state index < -0.39 is 0 Å². The van der Waals surface area contributed by atoms with Crippen molar-refractivity contribution >= 4 is 5.91 Å². The summed E-state index contributed by atoms with van der Waals surface area (Å²) in [7, 11) is 1.75. The molecule has 1 heterocycles. The van der Waals surface area contributed by atoms with Crippen molar-refractivity contribution in [3.05, 3.63) is 54.1 Å². The van der Waals surface area contributed by atoms with Crippen LogP contribution >= 0.6 is 0 Å². The van der Waals surface area contributed by atoms with Gasteiger partial charge in [0.25, 0.3) is 5.91 Å². The highest BCUT2D eigenvalue weighted by molar-refractivity contribution is 5.93. The van der Waals surface area contributed by atoms with Crippen LogP contribution in [-0.2, 0) is 6.54 Å². The standard InChI is InChI=1S/C12H12N3O/c1-15(9-11-13-7-8-14-11)12(16)10-5-3-2-4-6-10/h3-8H,9H2,1H3,(H,13,14). The molecule has 4 heteroatoms. The van der Waals surface area contributed by atoms with Gasteiger partial charge in [-0.1, -0.05) is 12.1 Å². The van der Waals surface area contributed by atoms with Crippen molar-refractivity contribution in [3.8, 4) is 0 Å². The highest BCUT2D eigenvalue weighted by Gasteiger charge is 2.11. The predicted octanol–water partition coefficient (Wildman–Crippen LogP) is 1.48. The molecule has 1 amide bonds. The van der Waals surface area contributed by atoms with Gasteiger partial charge in [-0.2, -0.15) is 0 Å². The minimum atomic E-state index is -0.0228. The fourth-order valence-corrected chi connectivity index (χ4v) is 1.43. The van der Waals surface area contributed by atoms with Crippen LogP contribution in [0.3, 0.4) is 0 Å². The van der Waals surface area contributed by atoms with Gasteiger partial charge in [0.15, 0.2) is 0 Å². The average Bonchev–Trinajstić information content (AvgIpc) is 2.82. The molecule has 2 aromatic rings. The van der Waals surface area contributed by atoms with Crippen LogP contribution < -0.4 is 0 Å². The number of rotatable bonds is 3. The molecule has 0 bridgehead atoms. The van der Waals surface area contributed by atoms with E-state index in [9.17, 15) is 4.79 Å². The van der Waals surface area contributed by atoms with Gasteiger partial charge in [0.05, 0.1) is 6.54 Å². The van der Waals surface area contributed by atoms with Gasteiger partial charge in [0.1, 0.15) is 5.82 Å². The summed E-state index contributed by atoms with van der Waals surface area (Å²) < 4.78 is 0. The lowest BCUT2D eigenvalue weighted by Crippen LogP contribution is -2.26. The van der Waals surface area contributed by atoms with E-state index in [2.05, 4.69) is 16.0 Å². The maximum atomic E-state index is 11.9. The molecule has 0 saturated carbocycles. The van der Waals surface area contributed by atoms with Gasteiger partial charge < -0.3 is 9.88 Å². The van der Waals surface area contributed by atoms with Crippen LogP contribution in [0.25, 0.3) is 0 Å². The lowest BCUT2D eigenvalue weighted by atomic mass is 10.2. The fraction of sp³-hybridized carbons (Fsp3) is 0.167. The second-order valence-electron chi connectivity index (χ2n) is 3.49. The summed E-state index contributed by atoms with van der Waals surface area (Å²) in [6, 6.07) is 9.85. The van der Waals surface area contributed by atoms with Gasteiger partial charge in [-0.05, 0) is 18.2 Å². The third-order valence-electron chi connectivity index (χ3n) is 2.25. The summed E-state index contributed by atoms with van der Waals surface area (Å²) in [6.07, 6.45) is 3.41. The summed E-state index contributed by atoms with van der Waals surface area (Å²) in [5.41, 5.74) is 0.660. The third kappa shape index (κ3) is 2.28. The second kappa shape index (κ2) is 4.61. The molecule has 4 nitrogen and oxygen atoms in total. The minimum absolute atomic E-state index is 0.0228. The van der Waals surface area contributed by atoms with Crippen LogP contribution in [0.1, 0.15) is 16.2 Å². The van der Waals surface area contributed by atoms with Crippen molar-refractivity contribution in [2.45, 2.75) is 6.54 Å². The van der Waals surface area contributed by atoms with Gasteiger partial charge >= 0.3 is 0 Å². The quantitative estimate of drug-likeness (QED) is 0.841. The number of aromatic amines is 1. The van der Waals surface area contributed by atoms with Crippen LogP contribution in [0.4, 0.5) is 0 Å². The Kier molecular flexibility index (Phi) is 3.00. The number of amides is 1. The van der Waals surface area contributed by atoms with E-state index >= 15 is 0 Å². The number of carbonyl (C=O) groups is 1. The van der Waals surface area contributed by atoms with Crippen LogP contribution in [0.2, 0.25) is 0 Å². The Hall–Kier alpha value is -2.10. The lowest BCUT2D eigenvalue weighted by molar-refractivity contribution is 0.0782. The zero-order valence-corrected chi connectivity index (χ0v) is 8.97. The highest BCUT2D eigenvalue weighted by Crippen LogP contribution is 2.05. The van der Waals surface area contributed by atoms with Gasteiger partial charge in [0, 0.05) is 25.0 Å². The number of benzene rings is 1. The normalized spacial score (nSPS) is 10.1. The summed E-state index contributed by atoms with van der Waals surface area (Å²) >= 11 is 0. The van der Waals surface area contributed by atoms with Crippen molar-refractivity contribution in [2.75, 3.05) is 7.05 Å². The first-order chi connectivity index (χ1) is 7.77. The van der Waals surface area contributed by atoms with Crippen molar-refractivity contribution in [1.29, 1.82) is 0 Å². The summed E-state index contributed by atoms with van der Waals surface area (Å²) in [4.78, 5) is 20.6. The molecule has 0 fully saturated rings. The minimum Gasteiger partial charge on any atom is -0.347 e. The molecule has 0 atom stereocenters. The molecule has 2 rings (SSSR count). The topological polar surface area (TPSA) is 49.0 Å². The largest absolute Gasteiger partial charge is 0.347 e. The Labute approximate surface area is 93.9 Å². The van der Waals surface area contributed by atoms with Crippen LogP contribution in [0.15, 0.2) is 36.7 Å². The zero-order chi connectivity index (χ0) is 11.4. The molecule has 16 heavy (non-hydrogen) atoms. The van der Waals surface area contributed by atoms with E-state index in [0.717, 1.165) is 5.82 Å². The third-order valence-corrected chi connectivity index (χ3v) is 2.25. The summed E-state index contributed by atoms with van der Waals surface area (Å²) in [5.74, 6) is 0.753. The molecule has 0 aliphatic heterocycles. The molecule has 1 aromatic heterocycles. The maximum absolute atomic E-state index is 11.9. The van der Waals surface area contributed by atoms with E-state index in [1.54, 1.807) is 48.6 Å². The summed E-state index contributed by atoms with van der Waals surface area (Å²) in [6.45, 7) is 0.477. The zero-order valence-electron chi connectivity index (χ0n) is 8.97. The molecule has 1 aromatic carbocycles. The molecular formula is C12H12N3O.